The topological polar surface area (TPSA) is 158 Å². The van der Waals surface area contributed by atoms with Crippen LogP contribution in [0.15, 0.2) is 24.3 Å². The summed E-state index contributed by atoms with van der Waals surface area (Å²) in [4.78, 5) is 32.3. The van der Waals surface area contributed by atoms with Crippen LogP contribution < -0.4 is 30.7 Å². The number of aliphatic hydroxyl groups excluding tert-OH is 2. The Morgan fingerprint density at radius 2 is 1.14 bits per heavy atom. The van der Waals surface area contributed by atoms with Crippen LogP contribution in [0, 0.1) is 0 Å². The van der Waals surface area contributed by atoms with Gasteiger partial charge in [0.05, 0.1) is 51.9 Å². The molecule has 0 bridgehead atoms. The van der Waals surface area contributed by atoms with Crippen molar-refractivity contribution in [2.75, 3.05) is 101 Å². The van der Waals surface area contributed by atoms with Gasteiger partial charge in [-0.3, -0.25) is 19.4 Å². The molecule has 0 saturated heterocycles. The van der Waals surface area contributed by atoms with E-state index in [1.54, 1.807) is 36.2 Å². The number of amides is 2. The fraction of sp³-hybridized carbons (Fsp3) is 0.533. The molecular weight excluding hydrogens is 540 g/mol. The lowest BCUT2D eigenvalue weighted by atomic mass is 10.1. The molecule has 0 aromatic heterocycles. The van der Waals surface area contributed by atoms with Gasteiger partial charge in [-0.05, 0) is 61.3 Å². The number of anilines is 4. The fourth-order valence-corrected chi connectivity index (χ4v) is 5.27. The molecule has 0 unspecified atom stereocenters. The van der Waals surface area contributed by atoms with Crippen molar-refractivity contribution in [3.63, 3.8) is 0 Å². The molecule has 4 rings (SSSR count). The van der Waals surface area contributed by atoms with Crippen molar-refractivity contribution < 1.29 is 29.3 Å². The molecule has 2 aromatic carbocycles. The highest BCUT2D eigenvalue weighted by molar-refractivity contribution is 5.98. The van der Waals surface area contributed by atoms with Crippen molar-refractivity contribution in [1.82, 2.24) is 9.80 Å². The molecule has 42 heavy (non-hydrogen) atoms. The van der Waals surface area contributed by atoms with Crippen molar-refractivity contribution >= 4 is 34.6 Å². The summed E-state index contributed by atoms with van der Waals surface area (Å²) in [6.45, 7) is 8.49. The first-order valence-electron chi connectivity index (χ1n) is 14.4. The van der Waals surface area contributed by atoms with Crippen molar-refractivity contribution in [2.45, 2.75) is 26.7 Å². The third-order valence-electron chi connectivity index (χ3n) is 7.70. The number of aliphatic hydroxyl groups is 2. The Kier molecular flexibility index (Phi) is 12.2. The van der Waals surface area contributed by atoms with Gasteiger partial charge >= 0.3 is 0 Å². The number of methoxy groups -OCH3 is 2. The van der Waals surface area contributed by atoms with Gasteiger partial charge in [0.15, 0.2) is 0 Å². The predicted molar refractivity (Wildman–Crippen MR) is 165 cm³/mol. The molecular formula is C30H46N6O6. The molecule has 2 aliphatic heterocycles. The van der Waals surface area contributed by atoms with Gasteiger partial charge in [-0.1, -0.05) is 13.8 Å². The second-order valence-corrected chi connectivity index (χ2v) is 10.2. The molecule has 12 nitrogen and oxygen atoms in total. The average molecular weight is 587 g/mol. The Labute approximate surface area is 248 Å². The minimum atomic E-state index is 0.0358. The molecule has 232 valence electrons. The minimum Gasteiger partial charge on any atom is -0.495 e. The van der Waals surface area contributed by atoms with Crippen LogP contribution >= 0.6 is 0 Å². The van der Waals surface area contributed by atoms with Crippen molar-refractivity contribution in [3.8, 4) is 11.5 Å². The van der Waals surface area contributed by atoms with Crippen LogP contribution in [0.3, 0.4) is 0 Å². The number of hydrogen-bond donors (Lipinski definition) is 4. The Hall–Kier alpha value is -3.58. The average Bonchev–Trinajstić information content (AvgIpc) is 3.59. The first kappa shape index (κ1) is 32.9. The van der Waals surface area contributed by atoms with Gasteiger partial charge in [-0.2, -0.15) is 0 Å². The first-order valence-corrected chi connectivity index (χ1v) is 14.4. The molecule has 0 atom stereocenters. The molecule has 2 heterocycles. The van der Waals surface area contributed by atoms with Crippen LogP contribution in [0.1, 0.15) is 25.0 Å². The van der Waals surface area contributed by atoms with E-state index in [1.807, 2.05) is 35.8 Å². The van der Waals surface area contributed by atoms with Crippen LogP contribution in [-0.2, 0) is 22.4 Å². The smallest absolute Gasteiger partial charge is 0.241 e. The number of rotatable bonds is 12. The van der Waals surface area contributed by atoms with Gasteiger partial charge in [0.25, 0.3) is 0 Å². The Bertz CT molecular complexity index is 1130. The van der Waals surface area contributed by atoms with E-state index in [2.05, 4.69) is 0 Å². The van der Waals surface area contributed by atoms with E-state index >= 15 is 0 Å². The molecule has 6 N–H and O–H groups in total. The molecule has 12 heteroatoms. The Balaban J connectivity index is 0.000000230. The summed E-state index contributed by atoms with van der Waals surface area (Å²) in [5, 5.41) is 18.0. The maximum Gasteiger partial charge on any atom is 0.241 e. The molecule has 0 radical (unpaired) electrons. The number of nitrogen functional groups attached to an aromatic ring is 2. The summed E-state index contributed by atoms with van der Waals surface area (Å²) >= 11 is 0. The van der Waals surface area contributed by atoms with Gasteiger partial charge < -0.3 is 41.0 Å². The number of nitrogens with zero attached hydrogens (tertiary/aromatic N) is 4. The highest BCUT2D eigenvalue weighted by atomic mass is 16.5. The molecule has 2 aliphatic rings. The van der Waals surface area contributed by atoms with Crippen molar-refractivity contribution in [1.29, 1.82) is 0 Å². The van der Waals surface area contributed by atoms with Crippen LogP contribution in [0.2, 0.25) is 0 Å². The number of hydrogen-bond acceptors (Lipinski definition) is 10. The lowest BCUT2D eigenvalue weighted by Crippen LogP contribution is -2.40. The van der Waals surface area contributed by atoms with Crippen molar-refractivity contribution in [2.24, 2.45) is 0 Å². The SMILES string of the molecule is CCN(CCO)CC(=O)N1CCc2cc(OC)c(N)cc21.CCN(CCO)CC(=O)N1CCc2cc(OC)c(N)cc21. The van der Waals surface area contributed by atoms with Gasteiger partial charge in [-0.15, -0.1) is 0 Å². The number of nitrogens with two attached hydrogens (primary N) is 2. The zero-order valence-corrected chi connectivity index (χ0v) is 25.3. The molecule has 0 spiro atoms. The number of carbonyl (C=O) groups is 2. The van der Waals surface area contributed by atoms with E-state index in [0.717, 1.165) is 48.4 Å². The minimum absolute atomic E-state index is 0.0358. The molecule has 2 aromatic rings. The first-order chi connectivity index (χ1) is 20.2. The summed E-state index contributed by atoms with van der Waals surface area (Å²) < 4.78 is 10.4. The highest BCUT2D eigenvalue weighted by Gasteiger charge is 2.28. The van der Waals surface area contributed by atoms with Crippen LogP contribution in [0.5, 0.6) is 11.5 Å². The standard InChI is InChI=1S/2C15H23N3O3/c2*1-3-17(6-7-19)10-15(20)18-5-4-11-8-14(21-2)12(16)9-13(11)18/h2*8-9,19H,3-7,10,16H2,1-2H3. The van der Waals surface area contributed by atoms with Crippen LogP contribution in [0.4, 0.5) is 22.7 Å². The lowest BCUT2D eigenvalue weighted by Gasteiger charge is -2.23. The summed E-state index contributed by atoms with van der Waals surface area (Å²) in [7, 11) is 3.17. The summed E-state index contributed by atoms with van der Waals surface area (Å²) in [6.07, 6.45) is 1.62. The van der Waals surface area contributed by atoms with Crippen LogP contribution in [0.25, 0.3) is 0 Å². The van der Waals surface area contributed by atoms with Crippen LogP contribution in [-0.4, -0.2) is 112 Å². The predicted octanol–water partition coefficient (Wildman–Crippen LogP) is 0.961. The molecule has 0 fully saturated rings. The van der Waals surface area contributed by atoms with Gasteiger partial charge in [-0.25, -0.2) is 0 Å². The number of likely N-dealkylation sites (N-methyl/N-ethyl adjacent to an activating group) is 2. The molecule has 0 saturated carbocycles. The van der Waals surface area contributed by atoms with E-state index in [9.17, 15) is 9.59 Å². The fourth-order valence-electron chi connectivity index (χ4n) is 5.27. The Morgan fingerprint density at radius 3 is 1.45 bits per heavy atom. The normalized spacial score (nSPS) is 13.6. The largest absolute Gasteiger partial charge is 0.495 e. The number of ether oxygens (including phenoxy) is 2. The molecule has 0 aliphatic carbocycles. The number of carbonyl (C=O) groups excluding carboxylic acids is 2. The summed E-state index contributed by atoms with van der Waals surface area (Å²) in [5.41, 5.74) is 16.9. The maximum atomic E-state index is 12.4. The Morgan fingerprint density at radius 1 is 0.762 bits per heavy atom. The second-order valence-electron chi connectivity index (χ2n) is 10.2. The maximum absolute atomic E-state index is 12.4. The summed E-state index contributed by atoms with van der Waals surface area (Å²) in [5.74, 6) is 1.37. The number of fused-ring (bicyclic) bond motifs is 2. The van der Waals surface area contributed by atoms with E-state index in [1.165, 1.54) is 0 Å². The zero-order valence-electron chi connectivity index (χ0n) is 25.3. The van der Waals surface area contributed by atoms with E-state index < -0.39 is 0 Å². The summed E-state index contributed by atoms with van der Waals surface area (Å²) in [6, 6.07) is 7.43. The van der Waals surface area contributed by atoms with E-state index in [0.29, 0.717) is 62.1 Å². The number of benzene rings is 2. The second kappa shape index (κ2) is 15.6. The van der Waals surface area contributed by atoms with E-state index in [4.69, 9.17) is 31.2 Å². The third kappa shape index (κ3) is 7.82. The molecule has 2 amide bonds. The third-order valence-corrected chi connectivity index (χ3v) is 7.70. The quantitative estimate of drug-likeness (QED) is 0.264. The monoisotopic (exact) mass is 586 g/mol. The zero-order chi connectivity index (χ0) is 30.8. The highest BCUT2D eigenvalue weighted by Crippen LogP contribution is 2.37. The van der Waals surface area contributed by atoms with Gasteiger partial charge in [0.1, 0.15) is 11.5 Å². The van der Waals surface area contributed by atoms with Gasteiger partial charge in [0, 0.05) is 37.6 Å². The van der Waals surface area contributed by atoms with Gasteiger partial charge in [0.2, 0.25) is 11.8 Å². The lowest BCUT2D eigenvalue weighted by molar-refractivity contribution is -0.120. The van der Waals surface area contributed by atoms with E-state index in [-0.39, 0.29) is 25.0 Å². The van der Waals surface area contributed by atoms with Crippen molar-refractivity contribution in [3.05, 3.63) is 35.4 Å².